The Morgan fingerprint density at radius 3 is 1.96 bits per heavy atom. The van der Waals surface area contributed by atoms with Crippen molar-refractivity contribution in [2.75, 3.05) is 32.6 Å². The predicted octanol–water partition coefficient (Wildman–Crippen LogP) is 4.83. The van der Waals surface area contributed by atoms with Gasteiger partial charge in [0.05, 0.1) is 11.6 Å². The Balaban J connectivity index is 2.25. The summed E-state index contributed by atoms with van der Waals surface area (Å²) >= 11 is 0. The highest BCUT2D eigenvalue weighted by molar-refractivity contribution is 5.49. The summed E-state index contributed by atoms with van der Waals surface area (Å²) in [6, 6.07) is 15.5. The van der Waals surface area contributed by atoms with Crippen LogP contribution in [0.3, 0.4) is 0 Å². The largest absolute Gasteiger partial charge is 0.416 e. The van der Waals surface area contributed by atoms with E-state index in [9.17, 15) is 13.2 Å². The Kier molecular flexibility index (Phi) is 5.89. The molecule has 2 aromatic rings. The molecule has 1 atom stereocenters. The van der Waals surface area contributed by atoms with Crippen LogP contribution in [0.2, 0.25) is 0 Å². The molecule has 0 spiro atoms. The molecule has 2 rings (SSSR count). The van der Waals surface area contributed by atoms with Crippen molar-refractivity contribution in [3.63, 3.8) is 0 Å². The van der Waals surface area contributed by atoms with Crippen molar-refractivity contribution in [3.05, 3.63) is 65.7 Å². The SMILES string of the molecule is CN(C)CCC(c1ccccc1)N(C)c1ccc(C(F)(F)F)cc1. The number of hydrogen-bond acceptors (Lipinski definition) is 2. The lowest BCUT2D eigenvalue weighted by atomic mass is 10.0. The third-order valence-corrected chi connectivity index (χ3v) is 4.10. The molecule has 2 aromatic carbocycles. The van der Waals surface area contributed by atoms with E-state index in [4.69, 9.17) is 0 Å². The van der Waals surface area contributed by atoms with Crippen LogP contribution in [0.25, 0.3) is 0 Å². The van der Waals surface area contributed by atoms with Crippen LogP contribution in [-0.4, -0.2) is 32.6 Å². The molecule has 0 aliphatic rings. The zero-order valence-corrected chi connectivity index (χ0v) is 14.2. The Morgan fingerprint density at radius 2 is 1.46 bits per heavy atom. The second kappa shape index (κ2) is 7.71. The van der Waals surface area contributed by atoms with Crippen molar-refractivity contribution in [2.45, 2.75) is 18.6 Å². The van der Waals surface area contributed by atoms with Crippen LogP contribution >= 0.6 is 0 Å². The minimum Gasteiger partial charge on any atom is -0.368 e. The number of hydrogen-bond donors (Lipinski definition) is 0. The van der Waals surface area contributed by atoms with Gasteiger partial charge < -0.3 is 9.80 Å². The Hall–Kier alpha value is -2.01. The average Bonchev–Trinajstić information content (AvgIpc) is 2.55. The van der Waals surface area contributed by atoms with Crippen molar-refractivity contribution in [1.82, 2.24) is 4.90 Å². The van der Waals surface area contributed by atoms with Gasteiger partial charge in [-0.15, -0.1) is 0 Å². The number of halogens is 3. The first kappa shape index (κ1) is 18.3. The molecule has 24 heavy (non-hydrogen) atoms. The molecule has 0 saturated carbocycles. The maximum absolute atomic E-state index is 12.7. The maximum atomic E-state index is 12.7. The van der Waals surface area contributed by atoms with Gasteiger partial charge in [0.25, 0.3) is 0 Å². The van der Waals surface area contributed by atoms with Crippen molar-refractivity contribution in [1.29, 1.82) is 0 Å². The Morgan fingerprint density at radius 1 is 0.875 bits per heavy atom. The van der Waals surface area contributed by atoms with Gasteiger partial charge in [-0.1, -0.05) is 30.3 Å². The molecule has 1 unspecified atom stereocenters. The number of nitrogens with zero attached hydrogens (tertiary/aromatic N) is 2. The molecular weight excluding hydrogens is 313 g/mol. The van der Waals surface area contributed by atoms with Gasteiger partial charge in [-0.2, -0.15) is 13.2 Å². The third-order valence-electron chi connectivity index (χ3n) is 4.10. The first-order valence-corrected chi connectivity index (χ1v) is 7.89. The lowest BCUT2D eigenvalue weighted by molar-refractivity contribution is -0.137. The van der Waals surface area contributed by atoms with Crippen LogP contribution in [0.15, 0.2) is 54.6 Å². The van der Waals surface area contributed by atoms with Crippen molar-refractivity contribution in [2.24, 2.45) is 0 Å². The van der Waals surface area contributed by atoms with Gasteiger partial charge in [-0.25, -0.2) is 0 Å². The van der Waals surface area contributed by atoms with Crippen LogP contribution in [-0.2, 0) is 6.18 Å². The second-order valence-corrected chi connectivity index (χ2v) is 6.17. The van der Waals surface area contributed by atoms with Crippen LogP contribution < -0.4 is 4.90 Å². The lowest BCUT2D eigenvalue weighted by Gasteiger charge is -2.31. The minimum atomic E-state index is -4.30. The standard InChI is InChI=1S/C19H23F3N2/c1-23(2)14-13-18(15-7-5-4-6-8-15)24(3)17-11-9-16(10-12-17)19(20,21)22/h4-12,18H,13-14H2,1-3H3. The fourth-order valence-corrected chi connectivity index (χ4v) is 2.71. The lowest BCUT2D eigenvalue weighted by Crippen LogP contribution is -2.27. The van der Waals surface area contributed by atoms with Crippen molar-refractivity contribution < 1.29 is 13.2 Å². The molecule has 0 radical (unpaired) electrons. The van der Waals surface area contributed by atoms with E-state index < -0.39 is 11.7 Å². The summed E-state index contributed by atoms with van der Waals surface area (Å²) in [5, 5.41) is 0. The quantitative estimate of drug-likeness (QED) is 0.745. The minimum absolute atomic E-state index is 0.102. The molecule has 130 valence electrons. The smallest absolute Gasteiger partial charge is 0.368 e. The molecule has 0 N–H and O–H groups in total. The molecule has 0 bridgehead atoms. The second-order valence-electron chi connectivity index (χ2n) is 6.17. The number of anilines is 1. The van der Waals surface area contributed by atoms with E-state index in [1.165, 1.54) is 12.1 Å². The highest BCUT2D eigenvalue weighted by Gasteiger charge is 2.30. The average molecular weight is 336 g/mol. The molecule has 0 heterocycles. The molecule has 0 fully saturated rings. The van der Waals surface area contributed by atoms with Gasteiger partial charge in [-0.05, 0) is 56.9 Å². The highest BCUT2D eigenvalue weighted by atomic mass is 19.4. The fourth-order valence-electron chi connectivity index (χ4n) is 2.71. The summed E-state index contributed by atoms with van der Waals surface area (Å²) in [5.41, 5.74) is 1.31. The Bertz CT molecular complexity index is 621. The van der Waals surface area contributed by atoms with E-state index in [0.717, 1.165) is 36.3 Å². The first-order valence-electron chi connectivity index (χ1n) is 7.89. The van der Waals surface area contributed by atoms with Gasteiger partial charge in [-0.3, -0.25) is 0 Å². The number of alkyl halides is 3. The molecule has 0 aliphatic heterocycles. The zero-order valence-electron chi connectivity index (χ0n) is 14.2. The summed E-state index contributed by atoms with van der Waals surface area (Å²) in [5.74, 6) is 0. The van der Waals surface area contributed by atoms with E-state index in [1.54, 1.807) is 0 Å². The summed E-state index contributed by atoms with van der Waals surface area (Å²) in [6.45, 7) is 0.893. The van der Waals surface area contributed by atoms with E-state index in [2.05, 4.69) is 17.0 Å². The highest BCUT2D eigenvalue weighted by Crippen LogP contribution is 2.33. The van der Waals surface area contributed by atoms with E-state index in [1.807, 2.05) is 44.2 Å². The molecule has 5 heteroatoms. The normalized spacial score (nSPS) is 13.1. The fraction of sp³-hybridized carbons (Fsp3) is 0.368. The van der Waals surface area contributed by atoms with Crippen molar-refractivity contribution in [3.8, 4) is 0 Å². The van der Waals surface area contributed by atoms with E-state index >= 15 is 0 Å². The van der Waals surface area contributed by atoms with Gasteiger partial charge in [0.1, 0.15) is 0 Å². The number of rotatable bonds is 6. The van der Waals surface area contributed by atoms with E-state index in [-0.39, 0.29) is 6.04 Å². The van der Waals surface area contributed by atoms with Gasteiger partial charge >= 0.3 is 6.18 Å². The Labute approximate surface area is 141 Å². The number of benzene rings is 2. The predicted molar refractivity (Wildman–Crippen MR) is 92.2 cm³/mol. The van der Waals surface area contributed by atoms with Gasteiger partial charge in [0.2, 0.25) is 0 Å². The molecule has 0 saturated heterocycles. The van der Waals surface area contributed by atoms with Crippen LogP contribution in [0.4, 0.5) is 18.9 Å². The molecule has 0 amide bonds. The van der Waals surface area contributed by atoms with Crippen LogP contribution in [0.5, 0.6) is 0 Å². The van der Waals surface area contributed by atoms with Gasteiger partial charge in [0, 0.05) is 12.7 Å². The summed E-state index contributed by atoms with van der Waals surface area (Å²) in [4.78, 5) is 4.15. The van der Waals surface area contributed by atoms with Gasteiger partial charge in [0.15, 0.2) is 0 Å². The topological polar surface area (TPSA) is 6.48 Å². The monoisotopic (exact) mass is 336 g/mol. The van der Waals surface area contributed by atoms with Crippen LogP contribution in [0, 0.1) is 0 Å². The molecule has 0 aliphatic carbocycles. The first-order chi connectivity index (χ1) is 11.3. The third kappa shape index (κ3) is 4.74. The molecule has 2 nitrogen and oxygen atoms in total. The summed E-state index contributed by atoms with van der Waals surface area (Å²) < 4.78 is 38.2. The molecular formula is C19H23F3N2. The van der Waals surface area contributed by atoms with Crippen molar-refractivity contribution >= 4 is 5.69 Å². The maximum Gasteiger partial charge on any atom is 0.416 e. The van der Waals surface area contributed by atoms with E-state index in [0.29, 0.717) is 0 Å². The summed E-state index contributed by atoms with van der Waals surface area (Å²) in [6.07, 6.45) is -3.42. The molecule has 0 aromatic heterocycles. The zero-order chi connectivity index (χ0) is 17.7. The van der Waals surface area contributed by atoms with Crippen LogP contribution in [0.1, 0.15) is 23.6 Å². The summed E-state index contributed by atoms with van der Waals surface area (Å²) in [7, 11) is 5.95.